The number of nitrogens with zero attached hydrogens (tertiary/aromatic N) is 5. The van der Waals surface area contributed by atoms with Crippen LogP contribution in [0, 0.1) is 0 Å². The third-order valence-electron chi connectivity index (χ3n) is 6.76. The van der Waals surface area contributed by atoms with E-state index in [-0.39, 0.29) is 17.6 Å². The molecule has 1 aromatic carbocycles. The number of rotatable bonds is 7. The summed E-state index contributed by atoms with van der Waals surface area (Å²) >= 11 is 0. The van der Waals surface area contributed by atoms with Gasteiger partial charge in [-0.25, -0.2) is 15.0 Å². The standard InChI is InChI=1S/C28H32N6O3/c1-18(2)23-14-24(31-25-9-6-20(15-29-25)33-12-10-21(35)11-13-33)26-27(32-23)30-17-34(28(26)36)16-19-4-7-22(37-3)8-5-19/h4-9,14-15,17-18,21,35H,10-13,16H2,1-3H3,(H,29,31,32). The van der Waals surface area contributed by atoms with Crippen molar-refractivity contribution in [3.05, 3.63) is 76.6 Å². The molecule has 1 saturated heterocycles. The SMILES string of the molecule is COc1ccc(Cn2cnc3nc(C(C)C)cc(Nc4ccc(N5CCC(O)CC5)cn4)c3c2=O)cc1. The minimum absolute atomic E-state index is 0.165. The van der Waals surface area contributed by atoms with E-state index in [9.17, 15) is 9.90 Å². The Kier molecular flexibility index (Phi) is 7.05. The minimum Gasteiger partial charge on any atom is -0.497 e. The molecule has 0 unspecified atom stereocenters. The van der Waals surface area contributed by atoms with E-state index in [2.05, 4.69) is 39.0 Å². The molecule has 9 nitrogen and oxygen atoms in total. The van der Waals surface area contributed by atoms with Crippen molar-refractivity contribution in [1.82, 2.24) is 19.5 Å². The van der Waals surface area contributed by atoms with Gasteiger partial charge < -0.3 is 20.1 Å². The Labute approximate surface area is 215 Å². The van der Waals surface area contributed by atoms with Crippen molar-refractivity contribution >= 4 is 28.2 Å². The maximum atomic E-state index is 13.6. The first kappa shape index (κ1) is 24.7. The number of hydrogen-bond donors (Lipinski definition) is 2. The van der Waals surface area contributed by atoms with Crippen molar-refractivity contribution in [2.24, 2.45) is 0 Å². The number of aliphatic hydroxyl groups is 1. The van der Waals surface area contributed by atoms with Crippen LogP contribution in [0.5, 0.6) is 5.75 Å². The lowest BCUT2D eigenvalue weighted by Crippen LogP contribution is -2.35. The summed E-state index contributed by atoms with van der Waals surface area (Å²) in [6.07, 6.45) is 4.68. The van der Waals surface area contributed by atoms with Gasteiger partial charge in [0.1, 0.15) is 23.3 Å². The second-order valence-corrected chi connectivity index (χ2v) is 9.72. The molecule has 0 amide bonds. The molecule has 37 heavy (non-hydrogen) atoms. The van der Waals surface area contributed by atoms with Crippen LogP contribution in [0.3, 0.4) is 0 Å². The van der Waals surface area contributed by atoms with Gasteiger partial charge in [-0.1, -0.05) is 26.0 Å². The number of aromatic nitrogens is 4. The van der Waals surface area contributed by atoms with E-state index < -0.39 is 0 Å². The minimum atomic E-state index is -0.220. The smallest absolute Gasteiger partial charge is 0.265 e. The summed E-state index contributed by atoms with van der Waals surface area (Å²) in [5.74, 6) is 1.56. The number of ether oxygens (including phenoxy) is 1. The molecule has 1 aliphatic heterocycles. The molecule has 0 radical (unpaired) electrons. The first-order valence-corrected chi connectivity index (χ1v) is 12.6. The van der Waals surface area contributed by atoms with E-state index in [0.29, 0.717) is 29.1 Å². The fourth-order valence-corrected chi connectivity index (χ4v) is 4.52. The number of piperidine rings is 1. The Morgan fingerprint density at radius 1 is 1.11 bits per heavy atom. The summed E-state index contributed by atoms with van der Waals surface area (Å²) in [4.78, 5) is 29.6. The quantitative estimate of drug-likeness (QED) is 0.391. The molecule has 4 aromatic rings. The molecule has 0 spiro atoms. The highest BCUT2D eigenvalue weighted by Gasteiger charge is 2.18. The van der Waals surface area contributed by atoms with Crippen LogP contribution in [0.2, 0.25) is 0 Å². The number of hydrogen-bond acceptors (Lipinski definition) is 8. The Morgan fingerprint density at radius 2 is 1.86 bits per heavy atom. The Balaban J connectivity index is 1.47. The molecular weight excluding hydrogens is 468 g/mol. The van der Waals surface area contributed by atoms with E-state index in [1.165, 1.54) is 0 Å². The summed E-state index contributed by atoms with van der Waals surface area (Å²) in [6, 6.07) is 13.5. The fraction of sp³-hybridized carbons (Fsp3) is 0.357. The summed E-state index contributed by atoms with van der Waals surface area (Å²) in [5, 5.41) is 13.6. The highest BCUT2D eigenvalue weighted by atomic mass is 16.5. The number of fused-ring (bicyclic) bond motifs is 1. The molecule has 0 saturated carbocycles. The van der Waals surface area contributed by atoms with Gasteiger partial charge in [-0.15, -0.1) is 0 Å². The van der Waals surface area contributed by atoms with E-state index in [1.54, 1.807) is 18.0 Å². The molecule has 4 heterocycles. The predicted molar refractivity (Wildman–Crippen MR) is 145 cm³/mol. The van der Waals surface area contributed by atoms with Gasteiger partial charge in [0, 0.05) is 18.8 Å². The molecule has 0 aliphatic carbocycles. The van der Waals surface area contributed by atoms with Gasteiger partial charge in [0.05, 0.1) is 37.3 Å². The number of anilines is 3. The van der Waals surface area contributed by atoms with Gasteiger partial charge in [0.15, 0.2) is 5.65 Å². The second kappa shape index (κ2) is 10.6. The molecular formula is C28H32N6O3. The van der Waals surface area contributed by atoms with E-state index in [0.717, 1.165) is 48.6 Å². The molecule has 5 rings (SSSR count). The van der Waals surface area contributed by atoms with Crippen LogP contribution in [-0.2, 0) is 6.54 Å². The third-order valence-corrected chi connectivity index (χ3v) is 6.76. The predicted octanol–water partition coefficient (Wildman–Crippen LogP) is 4.07. The van der Waals surface area contributed by atoms with Crippen LogP contribution in [0.4, 0.5) is 17.2 Å². The maximum absolute atomic E-state index is 13.6. The first-order valence-electron chi connectivity index (χ1n) is 12.6. The van der Waals surface area contributed by atoms with E-state index >= 15 is 0 Å². The van der Waals surface area contributed by atoms with Crippen LogP contribution in [0.15, 0.2) is 59.8 Å². The zero-order chi connectivity index (χ0) is 25.9. The lowest BCUT2D eigenvalue weighted by Gasteiger charge is -2.31. The molecule has 0 bridgehead atoms. The molecule has 3 aromatic heterocycles. The molecule has 2 N–H and O–H groups in total. The van der Waals surface area contributed by atoms with Gasteiger partial charge in [-0.05, 0) is 54.7 Å². The number of benzene rings is 1. The number of nitrogens with one attached hydrogen (secondary N) is 1. The monoisotopic (exact) mass is 500 g/mol. The van der Waals surface area contributed by atoms with E-state index in [4.69, 9.17) is 4.74 Å². The highest BCUT2D eigenvalue weighted by molar-refractivity contribution is 5.90. The molecule has 9 heteroatoms. The Bertz CT molecular complexity index is 1430. The van der Waals surface area contributed by atoms with Crippen LogP contribution in [0.1, 0.15) is 43.9 Å². The zero-order valence-electron chi connectivity index (χ0n) is 21.4. The van der Waals surface area contributed by atoms with Crippen molar-refractivity contribution in [2.45, 2.75) is 45.3 Å². The summed E-state index contributed by atoms with van der Waals surface area (Å²) in [6.45, 7) is 6.12. The lowest BCUT2D eigenvalue weighted by molar-refractivity contribution is 0.145. The van der Waals surface area contributed by atoms with Crippen molar-refractivity contribution in [3.63, 3.8) is 0 Å². The average molecular weight is 501 g/mol. The third kappa shape index (κ3) is 5.41. The summed E-state index contributed by atoms with van der Waals surface area (Å²) < 4.78 is 6.82. The first-order chi connectivity index (χ1) is 17.9. The Hall–Kier alpha value is -3.98. The van der Waals surface area contributed by atoms with Gasteiger partial charge in [-0.3, -0.25) is 9.36 Å². The fourth-order valence-electron chi connectivity index (χ4n) is 4.52. The van der Waals surface area contributed by atoms with Gasteiger partial charge in [-0.2, -0.15) is 0 Å². The molecule has 1 fully saturated rings. The second-order valence-electron chi connectivity index (χ2n) is 9.72. The van der Waals surface area contributed by atoms with Gasteiger partial charge in [0.25, 0.3) is 5.56 Å². The van der Waals surface area contributed by atoms with Gasteiger partial charge >= 0.3 is 0 Å². The van der Waals surface area contributed by atoms with Crippen molar-refractivity contribution in [2.75, 3.05) is 30.4 Å². The van der Waals surface area contributed by atoms with Crippen LogP contribution in [0.25, 0.3) is 11.0 Å². The van der Waals surface area contributed by atoms with Crippen molar-refractivity contribution < 1.29 is 9.84 Å². The molecule has 0 atom stereocenters. The molecule has 192 valence electrons. The topological polar surface area (TPSA) is 105 Å². The lowest BCUT2D eigenvalue weighted by atomic mass is 10.1. The van der Waals surface area contributed by atoms with Gasteiger partial charge in [0.2, 0.25) is 0 Å². The summed E-state index contributed by atoms with van der Waals surface area (Å²) in [5.41, 5.74) is 3.70. The van der Waals surface area contributed by atoms with Crippen LogP contribution >= 0.6 is 0 Å². The normalized spacial score (nSPS) is 14.4. The van der Waals surface area contributed by atoms with Crippen molar-refractivity contribution in [1.29, 1.82) is 0 Å². The number of pyridine rings is 2. The average Bonchev–Trinajstić information content (AvgIpc) is 2.91. The van der Waals surface area contributed by atoms with Crippen molar-refractivity contribution in [3.8, 4) is 5.75 Å². The zero-order valence-corrected chi connectivity index (χ0v) is 21.4. The summed E-state index contributed by atoms with van der Waals surface area (Å²) in [7, 11) is 1.63. The highest BCUT2D eigenvalue weighted by Crippen LogP contribution is 2.27. The van der Waals surface area contributed by atoms with Crippen LogP contribution < -0.4 is 20.5 Å². The van der Waals surface area contributed by atoms with E-state index in [1.807, 2.05) is 48.7 Å². The molecule has 1 aliphatic rings. The maximum Gasteiger partial charge on any atom is 0.265 e. The number of methoxy groups -OCH3 is 1. The largest absolute Gasteiger partial charge is 0.497 e. The number of aliphatic hydroxyl groups excluding tert-OH is 1. The Morgan fingerprint density at radius 3 is 2.51 bits per heavy atom. The van der Waals surface area contributed by atoms with Crippen LogP contribution in [-0.4, -0.2) is 50.9 Å².